The number of alkyl halides is 1. The number of hydrogen-bond donors (Lipinski definition) is 1. The fraction of sp³-hybridized carbons (Fsp3) is 0.900. The number of carbonyl (C=O) groups is 1. The highest BCUT2D eigenvalue weighted by molar-refractivity contribution is 5.68. The third-order valence-corrected chi connectivity index (χ3v) is 2.22. The molecule has 4 nitrogen and oxygen atoms in total. The molecule has 0 aliphatic carbocycles. The molecule has 1 amide bonds. The van der Waals surface area contributed by atoms with Gasteiger partial charge in [0.05, 0.1) is 6.04 Å². The average molecular weight is 218 g/mol. The average Bonchev–Trinajstić information content (AvgIpc) is 2.06. The smallest absolute Gasteiger partial charge is 0.410 e. The summed E-state index contributed by atoms with van der Waals surface area (Å²) in [5.74, 6) is 0. The van der Waals surface area contributed by atoms with Crippen LogP contribution in [0, 0.1) is 0 Å². The lowest BCUT2D eigenvalue weighted by molar-refractivity contribution is 0.0139. The maximum atomic E-state index is 13.0. The first-order valence-electron chi connectivity index (χ1n) is 5.17. The van der Waals surface area contributed by atoms with Gasteiger partial charge in [-0.2, -0.15) is 0 Å². The van der Waals surface area contributed by atoms with E-state index in [4.69, 9.17) is 10.5 Å². The van der Waals surface area contributed by atoms with Gasteiger partial charge < -0.3 is 15.4 Å². The molecule has 0 radical (unpaired) electrons. The molecule has 1 fully saturated rings. The van der Waals surface area contributed by atoms with Crippen LogP contribution in [0.4, 0.5) is 9.18 Å². The van der Waals surface area contributed by atoms with Gasteiger partial charge in [0, 0.05) is 13.1 Å². The van der Waals surface area contributed by atoms with Gasteiger partial charge in [-0.25, -0.2) is 9.18 Å². The Bertz CT molecular complexity index is 240. The molecule has 0 aromatic carbocycles. The Labute approximate surface area is 89.6 Å². The molecule has 1 rings (SSSR count). The van der Waals surface area contributed by atoms with Gasteiger partial charge in [-0.05, 0) is 27.2 Å². The van der Waals surface area contributed by atoms with Crippen LogP contribution in [0.2, 0.25) is 0 Å². The van der Waals surface area contributed by atoms with Gasteiger partial charge in [-0.15, -0.1) is 0 Å². The third kappa shape index (κ3) is 3.66. The summed E-state index contributed by atoms with van der Waals surface area (Å²) in [6.45, 7) is 6.01. The van der Waals surface area contributed by atoms with E-state index < -0.39 is 23.9 Å². The second kappa shape index (κ2) is 4.35. The van der Waals surface area contributed by atoms with Crippen LogP contribution in [0.3, 0.4) is 0 Å². The summed E-state index contributed by atoms with van der Waals surface area (Å²) in [4.78, 5) is 13.1. The van der Waals surface area contributed by atoms with E-state index in [1.807, 2.05) is 0 Å². The Balaban J connectivity index is 2.48. The van der Waals surface area contributed by atoms with Crippen molar-refractivity contribution in [3.63, 3.8) is 0 Å². The molecular weight excluding hydrogens is 199 g/mol. The lowest BCUT2D eigenvalue weighted by Gasteiger charge is -2.34. The molecule has 5 heteroatoms. The number of ether oxygens (including phenoxy) is 1. The Hall–Kier alpha value is -0.840. The molecule has 88 valence electrons. The monoisotopic (exact) mass is 218 g/mol. The Morgan fingerprint density at radius 3 is 2.60 bits per heavy atom. The van der Waals surface area contributed by atoms with Gasteiger partial charge in [0.15, 0.2) is 0 Å². The molecule has 1 saturated heterocycles. The molecular formula is C10H19FN2O2. The van der Waals surface area contributed by atoms with Crippen LogP contribution in [0.5, 0.6) is 0 Å². The molecule has 1 aliphatic rings. The molecule has 2 atom stereocenters. The van der Waals surface area contributed by atoms with Crippen molar-refractivity contribution in [2.24, 2.45) is 5.73 Å². The van der Waals surface area contributed by atoms with Gasteiger partial charge in [-0.3, -0.25) is 0 Å². The van der Waals surface area contributed by atoms with E-state index in [9.17, 15) is 9.18 Å². The van der Waals surface area contributed by atoms with Crippen LogP contribution in [0.25, 0.3) is 0 Å². The number of carbonyl (C=O) groups excluding carboxylic acids is 1. The lowest BCUT2D eigenvalue weighted by Crippen LogP contribution is -2.52. The molecule has 2 N–H and O–H groups in total. The number of hydrogen-bond acceptors (Lipinski definition) is 3. The highest BCUT2D eigenvalue weighted by atomic mass is 19.1. The van der Waals surface area contributed by atoms with Crippen molar-refractivity contribution in [3.8, 4) is 0 Å². The molecule has 0 aromatic heterocycles. The second-order valence-electron chi connectivity index (χ2n) is 4.89. The van der Waals surface area contributed by atoms with Crippen molar-refractivity contribution in [3.05, 3.63) is 0 Å². The highest BCUT2D eigenvalue weighted by Gasteiger charge is 2.31. The molecule has 0 unspecified atom stereocenters. The molecule has 0 spiro atoms. The number of amides is 1. The molecule has 15 heavy (non-hydrogen) atoms. The quantitative estimate of drug-likeness (QED) is 0.666. The summed E-state index contributed by atoms with van der Waals surface area (Å²) >= 11 is 0. The van der Waals surface area contributed by atoms with E-state index in [-0.39, 0.29) is 6.54 Å². The van der Waals surface area contributed by atoms with E-state index in [2.05, 4.69) is 0 Å². The minimum Gasteiger partial charge on any atom is -0.444 e. The first-order chi connectivity index (χ1) is 6.79. The standard InChI is InChI=1S/C10H19FN2O2/c1-10(2,3)15-9(14)13-5-4-7(11)8(12)6-13/h7-8H,4-6,12H2,1-3H3/t7-,8+/m1/s1. The second-order valence-corrected chi connectivity index (χ2v) is 4.89. The summed E-state index contributed by atoms with van der Waals surface area (Å²) in [7, 11) is 0. The maximum absolute atomic E-state index is 13.0. The van der Waals surface area contributed by atoms with Crippen molar-refractivity contribution in [2.75, 3.05) is 13.1 Å². The van der Waals surface area contributed by atoms with Crippen LogP contribution in [0.1, 0.15) is 27.2 Å². The van der Waals surface area contributed by atoms with Crippen molar-refractivity contribution in [1.82, 2.24) is 4.90 Å². The van der Waals surface area contributed by atoms with Gasteiger partial charge >= 0.3 is 6.09 Å². The Kier molecular flexibility index (Phi) is 3.54. The highest BCUT2D eigenvalue weighted by Crippen LogP contribution is 2.16. The van der Waals surface area contributed by atoms with Gasteiger partial charge in [0.25, 0.3) is 0 Å². The van der Waals surface area contributed by atoms with E-state index in [0.29, 0.717) is 13.0 Å². The van der Waals surface area contributed by atoms with Crippen molar-refractivity contribution in [1.29, 1.82) is 0 Å². The van der Waals surface area contributed by atoms with Crippen LogP contribution in [0.15, 0.2) is 0 Å². The van der Waals surface area contributed by atoms with Crippen molar-refractivity contribution < 1.29 is 13.9 Å². The van der Waals surface area contributed by atoms with Crippen molar-refractivity contribution in [2.45, 2.75) is 45.0 Å². The zero-order valence-electron chi connectivity index (χ0n) is 9.50. The van der Waals surface area contributed by atoms with Gasteiger partial charge in [0.1, 0.15) is 11.8 Å². The molecule has 0 saturated carbocycles. The fourth-order valence-corrected chi connectivity index (χ4v) is 1.45. The zero-order chi connectivity index (χ0) is 11.6. The van der Waals surface area contributed by atoms with Crippen LogP contribution in [-0.2, 0) is 4.74 Å². The zero-order valence-corrected chi connectivity index (χ0v) is 9.50. The van der Waals surface area contributed by atoms with Crippen LogP contribution >= 0.6 is 0 Å². The number of nitrogens with two attached hydrogens (primary N) is 1. The van der Waals surface area contributed by atoms with Crippen molar-refractivity contribution >= 4 is 6.09 Å². The maximum Gasteiger partial charge on any atom is 0.410 e. The van der Waals surface area contributed by atoms with E-state index in [1.54, 1.807) is 20.8 Å². The fourth-order valence-electron chi connectivity index (χ4n) is 1.45. The minimum atomic E-state index is -1.01. The number of rotatable bonds is 0. The van der Waals surface area contributed by atoms with E-state index in [0.717, 1.165) is 0 Å². The van der Waals surface area contributed by atoms with Crippen LogP contribution < -0.4 is 5.73 Å². The first kappa shape index (κ1) is 12.2. The topological polar surface area (TPSA) is 55.6 Å². The number of halogens is 1. The lowest BCUT2D eigenvalue weighted by atomic mass is 10.1. The van der Waals surface area contributed by atoms with Crippen LogP contribution in [-0.4, -0.2) is 41.9 Å². The minimum absolute atomic E-state index is 0.232. The summed E-state index contributed by atoms with van der Waals surface area (Å²) in [6.07, 6.45) is -1.13. The van der Waals surface area contributed by atoms with E-state index in [1.165, 1.54) is 4.90 Å². The summed E-state index contributed by atoms with van der Waals surface area (Å²) in [6, 6.07) is -0.591. The number of nitrogens with zero attached hydrogens (tertiary/aromatic N) is 1. The first-order valence-corrected chi connectivity index (χ1v) is 5.17. The Morgan fingerprint density at radius 2 is 2.13 bits per heavy atom. The van der Waals surface area contributed by atoms with E-state index >= 15 is 0 Å². The Morgan fingerprint density at radius 1 is 1.53 bits per heavy atom. The SMILES string of the molecule is CC(C)(C)OC(=O)N1CC[C@@H](F)[C@@H](N)C1. The van der Waals surface area contributed by atoms with Gasteiger partial charge in [-0.1, -0.05) is 0 Å². The molecule has 1 heterocycles. The summed E-state index contributed by atoms with van der Waals surface area (Å²) in [5, 5.41) is 0. The largest absolute Gasteiger partial charge is 0.444 e. The van der Waals surface area contributed by atoms with Gasteiger partial charge in [0.2, 0.25) is 0 Å². The normalized spacial score (nSPS) is 27.7. The number of likely N-dealkylation sites (tertiary alicyclic amines) is 1. The molecule has 0 aromatic rings. The number of piperidine rings is 1. The molecule has 0 bridgehead atoms. The third-order valence-electron chi connectivity index (χ3n) is 2.22. The summed E-state index contributed by atoms with van der Waals surface area (Å²) < 4.78 is 18.2. The predicted molar refractivity (Wildman–Crippen MR) is 55.3 cm³/mol. The molecule has 1 aliphatic heterocycles. The summed E-state index contributed by atoms with van der Waals surface area (Å²) in [5.41, 5.74) is 5.03. The predicted octanol–water partition coefficient (Wildman–Crippen LogP) is 1.29.